The highest BCUT2D eigenvalue weighted by Gasteiger charge is 2.49. The minimum Gasteiger partial charge on any atom is -0.507 e. The summed E-state index contributed by atoms with van der Waals surface area (Å²) in [4.78, 5) is 0. The molecule has 0 heterocycles. The third-order valence-electron chi connectivity index (χ3n) is 8.73. The van der Waals surface area contributed by atoms with E-state index in [0.717, 1.165) is 43.3 Å². The molecule has 0 fully saturated rings. The molecule has 0 aliphatic rings. The van der Waals surface area contributed by atoms with E-state index in [9.17, 15) is 31.8 Å². The van der Waals surface area contributed by atoms with Crippen molar-refractivity contribution in [3.63, 3.8) is 0 Å². The van der Waals surface area contributed by atoms with Gasteiger partial charge in [-0.05, 0) is 104 Å². The van der Waals surface area contributed by atoms with Crippen molar-refractivity contribution in [3.05, 3.63) is 151 Å². The monoisotopic (exact) mass is 702 g/mol. The molecular formula is C42H29F3O5S. The molecule has 0 aromatic heterocycles. The van der Waals surface area contributed by atoms with Gasteiger partial charge in [0.2, 0.25) is 0 Å². The van der Waals surface area contributed by atoms with E-state index in [0.29, 0.717) is 22.1 Å². The summed E-state index contributed by atoms with van der Waals surface area (Å²) in [6.45, 7) is 1.82. The first-order valence-corrected chi connectivity index (χ1v) is 17.3. The Morgan fingerprint density at radius 3 is 1.18 bits per heavy atom. The van der Waals surface area contributed by atoms with E-state index < -0.39 is 15.6 Å². The molecule has 0 bridgehead atoms. The van der Waals surface area contributed by atoms with Crippen molar-refractivity contribution < 1.29 is 36.0 Å². The smallest absolute Gasteiger partial charge is 0.507 e. The molecule has 51 heavy (non-hydrogen) atoms. The van der Waals surface area contributed by atoms with Crippen LogP contribution in [0.1, 0.15) is 5.56 Å². The largest absolute Gasteiger partial charge is 0.534 e. The fourth-order valence-electron chi connectivity index (χ4n) is 6.20. The van der Waals surface area contributed by atoms with Crippen molar-refractivity contribution >= 4 is 53.2 Å². The zero-order valence-electron chi connectivity index (χ0n) is 27.0. The topological polar surface area (TPSA) is 83.8 Å². The van der Waals surface area contributed by atoms with Crippen LogP contribution in [-0.4, -0.2) is 24.1 Å². The van der Waals surface area contributed by atoms with Crippen molar-refractivity contribution in [1.82, 2.24) is 0 Å². The second kappa shape index (κ2) is 13.0. The Labute approximate surface area is 291 Å². The summed E-state index contributed by atoms with van der Waals surface area (Å²) in [7, 11) is -5.81. The molecule has 0 saturated heterocycles. The van der Waals surface area contributed by atoms with Crippen LogP contribution < -0.4 is 4.18 Å². The summed E-state index contributed by atoms with van der Waals surface area (Å²) in [6, 6.07) is 44.2. The standard InChI is InChI=1S/C22H15F3O3S.C20H14O2/c1-14-10-15-6-2-3-7-16(15)11-19(14)20-12-17-8-4-5-9-18(17)13-21(20)28-29(26,27)22(23,24)25;21-19-11-15-7-3-1-5-13(15)9-17(19)18-10-14-6-2-4-8-16(14)12-20(18)22/h2-13H,1H3;1-12,21-22H. The van der Waals surface area contributed by atoms with E-state index in [1.54, 1.807) is 42.5 Å². The fourth-order valence-corrected chi connectivity index (χ4v) is 6.67. The van der Waals surface area contributed by atoms with Gasteiger partial charge in [0.05, 0.1) is 0 Å². The average molecular weight is 703 g/mol. The summed E-state index contributed by atoms with van der Waals surface area (Å²) >= 11 is 0. The normalized spacial score (nSPS) is 11.8. The van der Waals surface area contributed by atoms with Gasteiger partial charge in [0.15, 0.2) is 5.75 Å². The van der Waals surface area contributed by atoms with Crippen molar-refractivity contribution in [2.45, 2.75) is 12.4 Å². The third kappa shape index (κ3) is 6.63. The van der Waals surface area contributed by atoms with Crippen molar-refractivity contribution in [1.29, 1.82) is 0 Å². The van der Waals surface area contributed by atoms with E-state index in [4.69, 9.17) is 0 Å². The predicted molar refractivity (Wildman–Crippen MR) is 197 cm³/mol. The first-order chi connectivity index (χ1) is 24.4. The summed E-state index contributed by atoms with van der Waals surface area (Å²) in [5, 5.41) is 27.9. The molecule has 8 aromatic carbocycles. The van der Waals surface area contributed by atoms with Crippen LogP contribution in [0.5, 0.6) is 17.2 Å². The lowest BCUT2D eigenvalue weighted by Gasteiger charge is -2.16. The highest BCUT2D eigenvalue weighted by Crippen LogP contribution is 2.41. The van der Waals surface area contributed by atoms with Gasteiger partial charge in [0.25, 0.3) is 0 Å². The Kier molecular flexibility index (Phi) is 8.52. The van der Waals surface area contributed by atoms with Gasteiger partial charge >= 0.3 is 15.6 Å². The van der Waals surface area contributed by atoms with Crippen LogP contribution in [0.3, 0.4) is 0 Å². The summed E-state index contributed by atoms with van der Waals surface area (Å²) in [5.41, 5.74) is -2.58. The van der Waals surface area contributed by atoms with Gasteiger partial charge in [-0.25, -0.2) is 0 Å². The number of aromatic hydroxyl groups is 2. The zero-order chi connectivity index (χ0) is 35.9. The number of phenolic OH excluding ortho intramolecular Hbond substituents is 2. The third-order valence-corrected chi connectivity index (χ3v) is 9.70. The van der Waals surface area contributed by atoms with Crippen molar-refractivity contribution in [2.24, 2.45) is 0 Å². The number of aryl methyl sites for hydroxylation is 1. The molecule has 254 valence electrons. The number of benzene rings is 8. The van der Waals surface area contributed by atoms with Crippen molar-refractivity contribution in [2.75, 3.05) is 0 Å². The number of hydrogen-bond acceptors (Lipinski definition) is 5. The van der Waals surface area contributed by atoms with E-state index in [2.05, 4.69) is 4.18 Å². The first-order valence-electron chi connectivity index (χ1n) is 15.9. The Balaban J connectivity index is 0.000000165. The summed E-state index contributed by atoms with van der Waals surface area (Å²) in [6.07, 6.45) is 0. The number of fused-ring (bicyclic) bond motifs is 4. The maximum atomic E-state index is 12.9. The Hall–Kier alpha value is -6.06. The molecule has 8 rings (SSSR count). The summed E-state index contributed by atoms with van der Waals surface area (Å²) in [5.74, 6) is -0.0204. The highest BCUT2D eigenvalue weighted by molar-refractivity contribution is 7.88. The molecule has 0 radical (unpaired) electrons. The minimum absolute atomic E-state index is 0.171. The van der Waals surface area contributed by atoms with Crippen LogP contribution in [0, 0.1) is 6.92 Å². The van der Waals surface area contributed by atoms with Crippen LogP contribution in [0.4, 0.5) is 13.2 Å². The van der Waals surface area contributed by atoms with E-state index >= 15 is 0 Å². The maximum Gasteiger partial charge on any atom is 0.534 e. The number of rotatable bonds is 4. The van der Waals surface area contributed by atoms with E-state index in [-0.39, 0.29) is 22.8 Å². The van der Waals surface area contributed by atoms with E-state index in [1.807, 2.05) is 104 Å². The van der Waals surface area contributed by atoms with Crippen LogP contribution >= 0.6 is 0 Å². The number of phenols is 2. The van der Waals surface area contributed by atoms with Crippen LogP contribution in [0.2, 0.25) is 0 Å². The molecule has 2 N–H and O–H groups in total. The second-order valence-corrected chi connectivity index (χ2v) is 13.7. The molecule has 0 unspecified atom stereocenters. The molecule has 0 amide bonds. The van der Waals surface area contributed by atoms with Gasteiger partial charge in [-0.15, -0.1) is 0 Å². The van der Waals surface area contributed by atoms with Crippen LogP contribution in [-0.2, 0) is 10.1 Å². The van der Waals surface area contributed by atoms with Gasteiger partial charge in [-0.1, -0.05) is 103 Å². The zero-order valence-corrected chi connectivity index (χ0v) is 27.8. The van der Waals surface area contributed by atoms with Crippen molar-refractivity contribution in [3.8, 4) is 39.5 Å². The second-order valence-electron chi connectivity index (χ2n) is 12.1. The SMILES string of the molecule is Cc1cc2ccccc2cc1-c1cc2ccccc2cc1OS(=O)(=O)C(F)(F)F.Oc1cc2ccccc2cc1-c1cc2ccccc2cc1O. The average Bonchev–Trinajstić information content (AvgIpc) is 3.10. The lowest BCUT2D eigenvalue weighted by atomic mass is 9.94. The molecule has 5 nitrogen and oxygen atoms in total. The van der Waals surface area contributed by atoms with Gasteiger partial charge < -0.3 is 14.4 Å². The van der Waals surface area contributed by atoms with Gasteiger partial charge in [0, 0.05) is 16.7 Å². The van der Waals surface area contributed by atoms with Gasteiger partial charge in [-0.2, -0.15) is 21.6 Å². The molecule has 0 saturated carbocycles. The molecule has 8 aromatic rings. The van der Waals surface area contributed by atoms with Gasteiger partial charge in [0.1, 0.15) is 11.5 Å². The number of halogens is 3. The minimum atomic E-state index is -5.81. The molecule has 0 aliphatic heterocycles. The Bertz CT molecular complexity index is 2640. The molecule has 0 atom stereocenters. The predicted octanol–water partition coefficient (Wildman–Crippen LogP) is 11.3. The molecule has 9 heteroatoms. The van der Waals surface area contributed by atoms with Crippen LogP contribution in [0.25, 0.3) is 65.3 Å². The lowest BCUT2D eigenvalue weighted by Crippen LogP contribution is -2.28. The molecular weight excluding hydrogens is 674 g/mol. The highest BCUT2D eigenvalue weighted by atomic mass is 32.2. The van der Waals surface area contributed by atoms with Crippen LogP contribution in [0.15, 0.2) is 146 Å². The Morgan fingerprint density at radius 2 is 0.784 bits per heavy atom. The lowest BCUT2D eigenvalue weighted by molar-refractivity contribution is -0.0499. The number of alkyl halides is 3. The Morgan fingerprint density at radius 1 is 0.471 bits per heavy atom. The maximum absolute atomic E-state index is 12.9. The first kappa shape index (κ1) is 33.4. The number of hydrogen-bond donors (Lipinski definition) is 2. The molecule has 0 spiro atoms. The van der Waals surface area contributed by atoms with Gasteiger partial charge in [-0.3, -0.25) is 0 Å². The molecule has 0 aliphatic carbocycles. The summed E-state index contributed by atoms with van der Waals surface area (Å²) < 4.78 is 66.8. The quantitative estimate of drug-likeness (QED) is 0.141. The fraction of sp³-hybridized carbons (Fsp3) is 0.0476. The van der Waals surface area contributed by atoms with E-state index in [1.165, 1.54) is 6.07 Å².